The highest BCUT2D eigenvalue weighted by Gasteiger charge is 2.49. The average molecular weight is 291 g/mol. The minimum Gasteiger partial charge on any atom is -0.273 e. The van der Waals surface area contributed by atoms with E-state index < -0.39 is 0 Å². The van der Waals surface area contributed by atoms with Gasteiger partial charge in [0.05, 0.1) is 34.7 Å². The molecule has 2 unspecified atom stereocenters. The highest BCUT2D eigenvalue weighted by Crippen LogP contribution is 2.39. The van der Waals surface area contributed by atoms with Crippen LogP contribution in [0.5, 0.6) is 0 Å². The standard InChI is InChI=1S/C9H10INO2/c1-5-3-2-4-6-7(5)9(13)11(10)8(6)12/h2-3,5-7H,4H2,1H3/t5-,6?,7?/m0/s1. The second kappa shape index (κ2) is 3.08. The van der Waals surface area contributed by atoms with E-state index in [0.717, 1.165) is 6.42 Å². The van der Waals surface area contributed by atoms with Crippen molar-refractivity contribution in [2.75, 3.05) is 0 Å². The fraction of sp³-hybridized carbons (Fsp3) is 0.556. The van der Waals surface area contributed by atoms with E-state index >= 15 is 0 Å². The number of allylic oxidation sites excluding steroid dienone is 2. The molecule has 70 valence electrons. The van der Waals surface area contributed by atoms with Crippen LogP contribution in [0.1, 0.15) is 13.3 Å². The van der Waals surface area contributed by atoms with Crippen molar-refractivity contribution in [1.82, 2.24) is 3.11 Å². The Bertz CT molecular complexity index is 300. The van der Waals surface area contributed by atoms with Crippen molar-refractivity contribution in [2.24, 2.45) is 17.8 Å². The Morgan fingerprint density at radius 2 is 2.15 bits per heavy atom. The lowest BCUT2D eigenvalue weighted by Crippen LogP contribution is -2.26. The summed E-state index contributed by atoms with van der Waals surface area (Å²) in [5, 5.41) is 0. The first kappa shape index (κ1) is 9.18. The maximum absolute atomic E-state index is 11.6. The van der Waals surface area contributed by atoms with Gasteiger partial charge in [-0.15, -0.1) is 0 Å². The van der Waals surface area contributed by atoms with Gasteiger partial charge in [-0.25, -0.2) is 3.11 Å². The van der Waals surface area contributed by atoms with Crippen LogP contribution >= 0.6 is 22.9 Å². The molecule has 1 aliphatic heterocycles. The molecule has 0 bridgehead atoms. The van der Waals surface area contributed by atoms with Crippen LogP contribution in [0, 0.1) is 17.8 Å². The minimum absolute atomic E-state index is 0.0209. The molecule has 0 spiro atoms. The quantitative estimate of drug-likeness (QED) is 0.294. The molecule has 1 aliphatic carbocycles. The predicted octanol–water partition coefficient (Wildman–Crippen LogP) is 1.53. The van der Waals surface area contributed by atoms with Crippen LogP contribution in [-0.4, -0.2) is 14.9 Å². The summed E-state index contributed by atoms with van der Waals surface area (Å²) in [5.74, 6) is -0.0342. The molecule has 13 heavy (non-hydrogen) atoms. The van der Waals surface area contributed by atoms with Crippen molar-refractivity contribution in [3.05, 3.63) is 12.2 Å². The smallest absolute Gasteiger partial charge is 0.242 e. The van der Waals surface area contributed by atoms with E-state index in [-0.39, 0.29) is 29.6 Å². The van der Waals surface area contributed by atoms with Gasteiger partial charge in [0.1, 0.15) is 0 Å². The van der Waals surface area contributed by atoms with Crippen LogP contribution in [0.25, 0.3) is 0 Å². The Balaban J connectivity index is 2.36. The second-order valence-corrected chi connectivity index (χ2v) is 4.58. The SMILES string of the molecule is C[C@H]1C=CCC2C(=O)N(I)C(=O)C21. The number of amides is 2. The van der Waals surface area contributed by atoms with Crippen molar-refractivity contribution in [3.8, 4) is 0 Å². The molecule has 1 saturated heterocycles. The molecule has 0 aromatic heterocycles. The van der Waals surface area contributed by atoms with Crippen LogP contribution in [0.3, 0.4) is 0 Å². The third-order valence-corrected chi connectivity index (χ3v) is 3.77. The summed E-state index contributed by atoms with van der Waals surface area (Å²) in [4.78, 5) is 23.2. The monoisotopic (exact) mass is 291 g/mol. The van der Waals surface area contributed by atoms with Gasteiger partial charge in [0.15, 0.2) is 0 Å². The molecular weight excluding hydrogens is 281 g/mol. The molecule has 1 heterocycles. The van der Waals surface area contributed by atoms with Crippen molar-refractivity contribution in [3.63, 3.8) is 0 Å². The third-order valence-electron chi connectivity index (χ3n) is 2.82. The highest BCUT2D eigenvalue weighted by atomic mass is 127. The Morgan fingerprint density at radius 1 is 1.46 bits per heavy atom. The molecule has 4 heteroatoms. The molecule has 1 fully saturated rings. The van der Waals surface area contributed by atoms with Gasteiger partial charge in [0.25, 0.3) is 0 Å². The predicted molar refractivity (Wildman–Crippen MR) is 55.8 cm³/mol. The number of carbonyl (C=O) groups is 2. The number of imide groups is 1. The van der Waals surface area contributed by atoms with Crippen LogP contribution in [0.4, 0.5) is 0 Å². The Hall–Kier alpha value is -0.390. The molecule has 0 saturated carbocycles. The summed E-state index contributed by atoms with van der Waals surface area (Å²) < 4.78 is 1.25. The third kappa shape index (κ3) is 1.22. The van der Waals surface area contributed by atoms with Gasteiger partial charge in [-0.3, -0.25) is 9.59 Å². The molecule has 0 aromatic rings. The minimum atomic E-state index is -0.102. The van der Waals surface area contributed by atoms with Crippen molar-refractivity contribution in [2.45, 2.75) is 13.3 Å². The van der Waals surface area contributed by atoms with Gasteiger partial charge >= 0.3 is 0 Å². The number of rotatable bonds is 0. The summed E-state index contributed by atoms with van der Waals surface area (Å²) in [6, 6.07) is 0. The average Bonchev–Trinajstić information content (AvgIpc) is 2.33. The topological polar surface area (TPSA) is 37.4 Å². The van der Waals surface area contributed by atoms with Gasteiger partial charge in [-0.05, 0) is 12.3 Å². The van der Waals surface area contributed by atoms with Crippen molar-refractivity contribution < 1.29 is 9.59 Å². The number of hydrogen-bond donors (Lipinski definition) is 0. The summed E-state index contributed by atoms with van der Waals surface area (Å²) in [6.07, 6.45) is 4.76. The van der Waals surface area contributed by atoms with Gasteiger partial charge in [-0.2, -0.15) is 0 Å². The first-order valence-corrected chi connectivity index (χ1v) is 5.29. The molecule has 2 aliphatic rings. The van der Waals surface area contributed by atoms with Crippen molar-refractivity contribution in [1.29, 1.82) is 0 Å². The first-order valence-electron chi connectivity index (χ1n) is 4.33. The molecule has 3 atom stereocenters. The molecule has 3 nitrogen and oxygen atoms in total. The number of fused-ring (bicyclic) bond motifs is 1. The summed E-state index contributed by atoms with van der Waals surface area (Å²) >= 11 is 1.81. The fourth-order valence-corrected chi connectivity index (χ4v) is 2.79. The maximum Gasteiger partial charge on any atom is 0.242 e. The molecule has 2 amide bonds. The zero-order valence-corrected chi connectivity index (χ0v) is 9.39. The zero-order chi connectivity index (χ0) is 9.59. The van der Waals surface area contributed by atoms with E-state index in [9.17, 15) is 9.59 Å². The lowest BCUT2D eigenvalue weighted by Gasteiger charge is -2.22. The van der Waals surface area contributed by atoms with E-state index in [4.69, 9.17) is 0 Å². The Labute approximate surface area is 90.7 Å². The van der Waals surface area contributed by atoms with Gasteiger partial charge in [0.2, 0.25) is 11.8 Å². The van der Waals surface area contributed by atoms with Crippen LogP contribution in [-0.2, 0) is 9.59 Å². The highest BCUT2D eigenvalue weighted by molar-refractivity contribution is 14.1. The lowest BCUT2D eigenvalue weighted by atomic mass is 9.78. The number of carbonyl (C=O) groups excluding carboxylic acids is 2. The Kier molecular flexibility index (Phi) is 2.17. The van der Waals surface area contributed by atoms with E-state index in [1.165, 1.54) is 3.11 Å². The molecule has 0 N–H and O–H groups in total. The van der Waals surface area contributed by atoms with E-state index in [0.29, 0.717) is 0 Å². The number of hydrogen-bond acceptors (Lipinski definition) is 2. The van der Waals surface area contributed by atoms with Gasteiger partial charge in [-0.1, -0.05) is 19.1 Å². The molecule has 0 radical (unpaired) electrons. The van der Waals surface area contributed by atoms with Gasteiger partial charge in [0, 0.05) is 0 Å². The summed E-state index contributed by atoms with van der Waals surface area (Å²) in [6.45, 7) is 1.99. The fourth-order valence-electron chi connectivity index (χ4n) is 2.11. The second-order valence-electron chi connectivity index (χ2n) is 3.61. The summed E-state index contributed by atoms with van der Waals surface area (Å²) in [7, 11) is 0. The zero-order valence-electron chi connectivity index (χ0n) is 7.24. The largest absolute Gasteiger partial charge is 0.273 e. The number of halogens is 1. The maximum atomic E-state index is 11.6. The van der Waals surface area contributed by atoms with Crippen LogP contribution in [0.15, 0.2) is 12.2 Å². The van der Waals surface area contributed by atoms with Crippen LogP contribution in [0.2, 0.25) is 0 Å². The lowest BCUT2D eigenvalue weighted by molar-refractivity contribution is -0.132. The molecule has 0 aromatic carbocycles. The molecular formula is C9H10INO2. The van der Waals surface area contributed by atoms with Crippen molar-refractivity contribution >= 4 is 34.7 Å². The molecule has 2 rings (SSSR count). The Morgan fingerprint density at radius 3 is 2.77 bits per heavy atom. The van der Waals surface area contributed by atoms with E-state index in [1.807, 2.05) is 19.1 Å². The number of nitrogens with zero attached hydrogens (tertiary/aromatic N) is 1. The normalized spacial score (nSPS) is 38.3. The van der Waals surface area contributed by atoms with Gasteiger partial charge < -0.3 is 0 Å². The first-order chi connectivity index (χ1) is 6.13. The van der Waals surface area contributed by atoms with Crippen LogP contribution < -0.4 is 0 Å². The summed E-state index contributed by atoms with van der Waals surface area (Å²) in [5.41, 5.74) is 0. The van der Waals surface area contributed by atoms with E-state index in [2.05, 4.69) is 0 Å². The van der Waals surface area contributed by atoms with E-state index in [1.54, 1.807) is 22.9 Å².